The monoisotopic (exact) mass is 402 g/mol. The number of benzene rings is 2. The lowest BCUT2D eigenvalue weighted by Gasteiger charge is -2.32. The van der Waals surface area contributed by atoms with Crippen molar-refractivity contribution in [3.63, 3.8) is 0 Å². The fourth-order valence-corrected chi connectivity index (χ4v) is 3.40. The second-order valence-electron chi connectivity index (χ2n) is 7.34. The number of nitrogens with zero attached hydrogens (tertiary/aromatic N) is 3. The molecule has 152 valence electrons. The molecule has 1 fully saturated rings. The van der Waals surface area contributed by atoms with E-state index < -0.39 is 0 Å². The fourth-order valence-electron chi connectivity index (χ4n) is 3.40. The Balaban J connectivity index is 1.46. The minimum Gasteiger partial charge on any atom is -0.336 e. The molecule has 4 rings (SSSR count). The fraction of sp³-hybridized carbons (Fsp3) is 0.217. The predicted molar refractivity (Wildman–Crippen MR) is 116 cm³/mol. The molecule has 7 nitrogen and oxygen atoms in total. The molecule has 3 aromatic rings. The summed E-state index contributed by atoms with van der Waals surface area (Å²) in [6, 6.07) is 13.7. The van der Waals surface area contributed by atoms with Gasteiger partial charge in [0.1, 0.15) is 5.82 Å². The number of H-pyrrole nitrogens is 1. The van der Waals surface area contributed by atoms with Crippen LogP contribution in [0.4, 0.5) is 0 Å². The van der Waals surface area contributed by atoms with Crippen LogP contribution in [0.15, 0.2) is 59.4 Å². The number of aromatic nitrogens is 2. The van der Waals surface area contributed by atoms with Gasteiger partial charge < -0.3 is 14.8 Å². The van der Waals surface area contributed by atoms with E-state index in [1.165, 1.54) is 12.2 Å². The van der Waals surface area contributed by atoms with E-state index in [4.69, 9.17) is 0 Å². The van der Waals surface area contributed by atoms with Crippen LogP contribution < -0.4 is 5.56 Å². The molecule has 0 unspecified atom stereocenters. The third-order valence-electron chi connectivity index (χ3n) is 5.23. The van der Waals surface area contributed by atoms with E-state index in [2.05, 4.69) is 14.9 Å². The number of rotatable bonds is 4. The van der Waals surface area contributed by atoms with Crippen LogP contribution in [-0.4, -0.2) is 64.7 Å². The molecule has 0 radical (unpaired) electrons. The Hall–Kier alpha value is -3.58. The summed E-state index contributed by atoms with van der Waals surface area (Å²) in [5.74, 6) is 0.0638. The molecule has 0 spiro atoms. The van der Waals surface area contributed by atoms with Gasteiger partial charge in [0.2, 0.25) is 0 Å². The number of hydrogen-bond donors (Lipinski definition) is 1. The van der Waals surface area contributed by atoms with Gasteiger partial charge in [0.25, 0.3) is 11.5 Å². The topological polar surface area (TPSA) is 86.4 Å². The van der Waals surface area contributed by atoms with Gasteiger partial charge in [0.15, 0.2) is 5.78 Å². The van der Waals surface area contributed by atoms with Crippen LogP contribution in [0.2, 0.25) is 0 Å². The first-order chi connectivity index (χ1) is 14.5. The zero-order valence-electron chi connectivity index (χ0n) is 16.7. The summed E-state index contributed by atoms with van der Waals surface area (Å²) in [6.07, 6.45) is 2.85. The summed E-state index contributed by atoms with van der Waals surface area (Å²) >= 11 is 0. The number of carbonyl (C=O) groups excluding carboxylic acids is 2. The van der Waals surface area contributed by atoms with Gasteiger partial charge in [0, 0.05) is 37.3 Å². The van der Waals surface area contributed by atoms with Gasteiger partial charge in [-0.05, 0) is 43.5 Å². The highest BCUT2D eigenvalue weighted by molar-refractivity contribution is 6.07. The molecule has 1 aliphatic rings. The number of likely N-dealkylation sites (N-methyl/N-ethyl adjacent to an activating group) is 1. The standard InChI is InChI=1S/C23H22N4O3/c1-26-12-14-27(15-13-26)23(30)17-8-6-16(7-9-17)20(28)10-11-21-24-19-5-3-2-4-18(19)22(29)25-21/h2-11H,12-15H2,1H3,(H,24,25,29)/b11-10-. The molecule has 0 atom stereocenters. The number of amides is 1. The molecule has 1 aromatic heterocycles. The maximum Gasteiger partial charge on any atom is 0.259 e. The summed E-state index contributed by atoms with van der Waals surface area (Å²) in [7, 11) is 2.04. The van der Waals surface area contributed by atoms with E-state index in [-0.39, 0.29) is 17.2 Å². The van der Waals surface area contributed by atoms with E-state index >= 15 is 0 Å². The van der Waals surface area contributed by atoms with Crippen LogP contribution in [0, 0.1) is 0 Å². The van der Waals surface area contributed by atoms with Crippen molar-refractivity contribution >= 4 is 28.7 Å². The maximum atomic E-state index is 12.6. The molecule has 1 aliphatic heterocycles. The molecular weight excluding hydrogens is 380 g/mol. The number of piperazine rings is 1. The molecule has 0 aliphatic carbocycles. The number of carbonyl (C=O) groups is 2. The van der Waals surface area contributed by atoms with Crippen molar-refractivity contribution in [1.82, 2.24) is 19.8 Å². The van der Waals surface area contributed by atoms with Crippen molar-refractivity contribution < 1.29 is 9.59 Å². The number of nitrogens with one attached hydrogen (secondary N) is 1. The van der Waals surface area contributed by atoms with Gasteiger partial charge in [0.05, 0.1) is 10.9 Å². The van der Waals surface area contributed by atoms with Crippen molar-refractivity contribution in [3.8, 4) is 0 Å². The van der Waals surface area contributed by atoms with Crippen LogP contribution in [0.5, 0.6) is 0 Å². The average molecular weight is 402 g/mol. The SMILES string of the molecule is CN1CCN(C(=O)c2ccc(C(=O)/C=C\c3nc4ccccc4c(=O)[nH]3)cc2)CC1. The third-order valence-corrected chi connectivity index (χ3v) is 5.23. The van der Waals surface area contributed by atoms with Crippen LogP contribution in [0.1, 0.15) is 26.5 Å². The Kier molecular flexibility index (Phi) is 5.54. The predicted octanol–water partition coefficient (Wildman–Crippen LogP) is 2.21. The highest BCUT2D eigenvalue weighted by Gasteiger charge is 2.20. The summed E-state index contributed by atoms with van der Waals surface area (Å²) in [6.45, 7) is 3.13. The van der Waals surface area contributed by atoms with Gasteiger partial charge in [-0.15, -0.1) is 0 Å². The number of allylic oxidation sites excluding steroid dienone is 1. The Morgan fingerprint density at radius 1 is 0.967 bits per heavy atom. The molecular formula is C23H22N4O3. The largest absolute Gasteiger partial charge is 0.336 e. The van der Waals surface area contributed by atoms with Crippen molar-refractivity contribution in [2.45, 2.75) is 0 Å². The summed E-state index contributed by atoms with van der Waals surface area (Å²) in [5, 5.41) is 0.501. The van der Waals surface area contributed by atoms with E-state index in [1.54, 1.807) is 48.5 Å². The minimum absolute atomic E-state index is 0.0180. The lowest BCUT2D eigenvalue weighted by Crippen LogP contribution is -2.47. The zero-order valence-corrected chi connectivity index (χ0v) is 16.7. The first-order valence-electron chi connectivity index (χ1n) is 9.80. The first kappa shape index (κ1) is 19.7. The second kappa shape index (κ2) is 8.42. The van der Waals surface area contributed by atoms with Crippen LogP contribution in [0.3, 0.4) is 0 Å². The number of aromatic amines is 1. The summed E-state index contributed by atoms with van der Waals surface area (Å²) in [5.41, 5.74) is 1.35. The molecule has 1 saturated heterocycles. The lowest BCUT2D eigenvalue weighted by molar-refractivity contribution is 0.0664. The molecule has 2 aromatic carbocycles. The van der Waals surface area contributed by atoms with Gasteiger partial charge in [-0.25, -0.2) is 4.98 Å². The normalized spacial score (nSPS) is 15.0. The van der Waals surface area contributed by atoms with Crippen LogP contribution in [0.25, 0.3) is 17.0 Å². The molecule has 1 amide bonds. The summed E-state index contributed by atoms with van der Waals surface area (Å²) in [4.78, 5) is 48.2. The molecule has 0 bridgehead atoms. The number of hydrogen-bond acceptors (Lipinski definition) is 5. The Bertz CT molecular complexity index is 1170. The van der Waals surface area contributed by atoms with Gasteiger partial charge in [-0.2, -0.15) is 0 Å². The average Bonchev–Trinajstić information content (AvgIpc) is 2.78. The lowest BCUT2D eigenvalue weighted by atomic mass is 10.1. The van der Waals surface area contributed by atoms with E-state index in [9.17, 15) is 14.4 Å². The quantitative estimate of drug-likeness (QED) is 0.534. The Labute approximate surface area is 173 Å². The minimum atomic E-state index is -0.250. The Morgan fingerprint density at radius 3 is 2.37 bits per heavy atom. The van der Waals surface area contributed by atoms with Crippen LogP contribution >= 0.6 is 0 Å². The van der Waals surface area contributed by atoms with Gasteiger partial charge >= 0.3 is 0 Å². The van der Waals surface area contributed by atoms with Crippen molar-refractivity contribution in [3.05, 3.63) is 81.9 Å². The Morgan fingerprint density at radius 2 is 1.63 bits per heavy atom. The molecule has 30 heavy (non-hydrogen) atoms. The zero-order chi connectivity index (χ0) is 21.1. The second-order valence-corrected chi connectivity index (χ2v) is 7.34. The van der Waals surface area contributed by atoms with E-state index in [1.807, 2.05) is 11.9 Å². The number of ketones is 1. The van der Waals surface area contributed by atoms with E-state index in [0.29, 0.717) is 40.9 Å². The van der Waals surface area contributed by atoms with Gasteiger partial charge in [-0.3, -0.25) is 14.4 Å². The molecule has 1 N–H and O–H groups in total. The molecule has 2 heterocycles. The highest BCUT2D eigenvalue weighted by Crippen LogP contribution is 2.12. The maximum absolute atomic E-state index is 12.6. The van der Waals surface area contributed by atoms with Crippen molar-refractivity contribution in [2.75, 3.05) is 33.2 Å². The number of fused-ring (bicyclic) bond motifs is 1. The molecule has 7 heteroatoms. The third kappa shape index (κ3) is 4.21. The van der Waals surface area contributed by atoms with E-state index in [0.717, 1.165) is 13.1 Å². The highest BCUT2D eigenvalue weighted by atomic mass is 16.2. The van der Waals surface area contributed by atoms with Gasteiger partial charge in [-0.1, -0.05) is 24.3 Å². The number of para-hydroxylation sites is 1. The smallest absolute Gasteiger partial charge is 0.259 e. The first-order valence-corrected chi connectivity index (χ1v) is 9.80. The molecule has 0 saturated carbocycles. The van der Waals surface area contributed by atoms with Crippen molar-refractivity contribution in [2.24, 2.45) is 0 Å². The summed E-state index contributed by atoms with van der Waals surface area (Å²) < 4.78 is 0. The van der Waals surface area contributed by atoms with Crippen molar-refractivity contribution in [1.29, 1.82) is 0 Å². The van der Waals surface area contributed by atoms with Crippen LogP contribution in [-0.2, 0) is 0 Å².